The number of hydrogen-bond donors (Lipinski definition) is 3. The lowest BCUT2D eigenvalue weighted by Gasteiger charge is -2.20. The number of aliphatic hydroxyl groups is 2. The van der Waals surface area contributed by atoms with Gasteiger partial charge in [-0.25, -0.2) is 0 Å². The van der Waals surface area contributed by atoms with Crippen LogP contribution in [0.15, 0.2) is 12.2 Å². The Bertz CT molecular complexity index is 955. The van der Waals surface area contributed by atoms with Crippen molar-refractivity contribution in [2.45, 2.75) is 334 Å². The van der Waals surface area contributed by atoms with Crippen LogP contribution in [-0.4, -0.2) is 47.4 Å². The largest absolute Gasteiger partial charge is 0.466 e. The van der Waals surface area contributed by atoms with E-state index in [-0.39, 0.29) is 18.5 Å². The van der Waals surface area contributed by atoms with Gasteiger partial charge in [0.25, 0.3) is 0 Å². The first-order valence-electron chi connectivity index (χ1n) is 29.0. The summed E-state index contributed by atoms with van der Waals surface area (Å²) in [6.07, 6.45) is 63.7. The smallest absolute Gasteiger partial charge is 0.305 e. The number of aliphatic hydroxyl groups excluding tert-OH is 2. The Morgan fingerprint density at radius 2 is 0.719 bits per heavy atom. The van der Waals surface area contributed by atoms with Gasteiger partial charge in [-0.05, 0) is 32.1 Å². The van der Waals surface area contributed by atoms with Crippen LogP contribution in [-0.2, 0) is 14.3 Å². The second kappa shape index (κ2) is 54.2. The number of hydrogen-bond acceptors (Lipinski definition) is 5. The summed E-state index contributed by atoms with van der Waals surface area (Å²) < 4.78 is 5.46. The minimum absolute atomic E-state index is 0.00844. The highest BCUT2D eigenvalue weighted by Gasteiger charge is 2.18. The van der Waals surface area contributed by atoms with Crippen LogP contribution in [0.4, 0.5) is 0 Å². The maximum absolute atomic E-state index is 12.5. The summed E-state index contributed by atoms with van der Waals surface area (Å²) in [5, 5.41) is 23.1. The van der Waals surface area contributed by atoms with Gasteiger partial charge in [0.1, 0.15) is 0 Å². The molecular weight excluding hydrogens is 791 g/mol. The fourth-order valence-corrected chi connectivity index (χ4v) is 9.11. The van der Waals surface area contributed by atoms with Crippen LogP contribution in [0.5, 0.6) is 0 Å². The molecule has 0 aromatic rings. The molecular formula is C58H113NO5. The van der Waals surface area contributed by atoms with Crippen molar-refractivity contribution in [1.29, 1.82) is 0 Å². The molecule has 0 fully saturated rings. The van der Waals surface area contributed by atoms with Gasteiger partial charge in [-0.2, -0.15) is 0 Å². The minimum Gasteiger partial charge on any atom is -0.466 e. The number of carbonyl (C=O) groups excluding carboxylic acids is 2. The number of nitrogens with one attached hydrogen (secondary N) is 1. The molecule has 0 radical (unpaired) electrons. The Labute approximate surface area is 399 Å². The van der Waals surface area contributed by atoms with E-state index >= 15 is 0 Å². The molecule has 0 aliphatic carbocycles. The van der Waals surface area contributed by atoms with Crippen molar-refractivity contribution in [3.63, 3.8) is 0 Å². The molecule has 0 aliphatic heterocycles. The molecule has 3 N–H and O–H groups in total. The van der Waals surface area contributed by atoms with E-state index in [1.807, 2.05) is 6.08 Å². The van der Waals surface area contributed by atoms with Gasteiger partial charge in [-0.1, -0.05) is 289 Å². The Morgan fingerprint density at radius 1 is 0.422 bits per heavy atom. The fraction of sp³-hybridized carbons (Fsp3) is 0.931. The molecule has 0 rings (SSSR count). The van der Waals surface area contributed by atoms with Crippen LogP contribution in [0.3, 0.4) is 0 Å². The monoisotopic (exact) mass is 904 g/mol. The summed E-state index contributed by atoms with van der Waals surface area (Å²) in [6.45, 7) is 4.91. The zero-order valence-corrected chi connectivity index (χ0v) is 43.3. The molecule has 6 heteroatoms. The highest BCUT2D eigenvalue weighted by Crippen LogP contribution is 2.17. The third-order valence-corrected chi connectivity index (χ3v) is 13.6. The van der Waals surface area contributed by atoms with Gasteiger partial charge in [0.15, 0.2) is 0 Å². The minimum atomic E-state index is -0.845. The molecule has 0 aromatic carbocycles. The molecule has 2 unspecified atom stereocenters. The lowest BCUT2D eigenvalue weighted by molar-refractivity contribution is -0.143. The van der Waals surface area contributed by atoms with Gasteiger partial charge < -0.3 is 20.3 Å². The number of allylic oxidation sites excluding steroid dienone is 1. The van der Waals surface area contributed by atoms with Crippen LogP contribution >= 0.6 is 0 Å². The van der Waals surface area contributed by atoms with Crippen molar-refractivity contribution in [2.75, 3.05) is 13.2 Å². The summed E-state index contributed by atoms with van der Waals surface area (Å²) >= 11 is 0. The quantitative estimate of drug-likeness (QED) is 0.0321. The van der Waals surface area contributed by atoms with Crippen LogP contribution in [0.2, 0.25) is 0 Å². The van der Waals surface area contributed by atoms with E-state index < -0.39 is 12.1 Å². The Kier molecular flexibility index (Phi) is 53.0. The first-order valence-corrected chi connectivity index (χ1v) is 29.0. The van der Waals surface area contributed by atoms with Gasteiger partial charge in [0, 0.05) is 12.8 Å². The summed E-state index contributed by atoms with van der Waals surface area (Å²) in [6, 6.07) is -0.629. The molecule has 0 heterocycles. The molecule has 0 aliphatic rings. The van der Waals surface area contributed by atoms with E-state index in [1.165, 1.54) is 257 Å². The van der Waals surface area contributed by atoms with E-state index in [0.29, 0.717) is 19.4 Å². The third-order valence-electron chi connectivity index (χ3n) is 13.6. The second-order valence-corrected chi connectivity index (χ2v) is 20.0. The maximum atomic E-state index is 12.5. The van der Waals surface area contributed by atoms with E-state index in [0.717, 1.165) is 38.5 Å². The molecule has 2 atom stereocenters. The lowest BCUT2D eigenvalue weighted by Crippen LogP contribution is -2.45. The van der Waals surface area contributed by atoms with E-state index in [2.05, 4.69) is 19.2 Å². The van der Waals surface area contributed by atoms with E-state index in [1.54, 1.807) is 6.08 Å². The van der Waals surface area contributed by atoms with Gasteiger partial charge in [0.05, 0.1) is 25.4 Å². The number of ether oxygens (including phenoxy) is 1. The van der Waals surface area contributed by atoms with Crippen LogP contribution < -0.4 is 5.32 Å². The molecule has 0 bridgehead atoms. The van der Waals surface area contributed by atoms with Crippen LogP contribution in [0, 0.1) is 0 Å². The molecule has 6 nitrogen and oxygen atoms in total. The average molecular weight is 905 g/mol. The predicted molar refractivity (Wildman–Crippen MR) is 278 cm³/mol. The van der Waals surface area contributed by atoms with Crippen molar-refractivity contribution in [3.05, 3.63) is 12.2 Å². The molecule has 0 spiro atoms. The Balaban J connectivity index is 3.43. The molecule has 64 heavy (non-hydrogen) atoms. The summed E-state index contributed by atoms with van der Waals surface area (Å²) in [4.78, 5) is 24.5. The van der Waals surface area contributed by atoms with E-state index in [4.69, 9.17) is 4.74 Å². The van der Waals surface area contributed by atoms with Crippen molar-refractivity contribution < 1.29 is 24.5 Å². The molecule has 1 amide bonds. The van der Waals surface area contributed by atoms with Gasteiger partial charge in [-0.3, -0.25) is 9.59 Å². The topological polar surface area (TPSA) is 95.9 Å². The summed E-state index contributed by atoms with van der Waals surface area (Å²) in [7, 11) is 0. The molecule has 0 aromatic heterocycles. The van der Waals surface area contributed by atoms with E-state index in [9.17, 15) is 19.8 Å². The van der Waals surface area contributed by atoms with Gasteiger partial charge >= 0.3 is 5.97 Å². The van der Waals surface area contributed by atoms with Crippen LogP contribution in [0.1, 0.15) is 322 Å². The number of esters is 1. The molecule has 380 valence electrons. The lowest BCUT2D eigenvalue weighted by atomic mass is 10.0. The number of carbonyl (C=O) groups is 2. The van der Waals surface area contributed by atoms with Gasteiger partial charge in [0.2, 0.25) is 5.91 Å². The predicted octanol–water partition coefficient (Wildman–Crippen LogP) is 17.7. The third kappa shape index (κ3) is 50.0. The zero-order valence-electron chi connectivity index (χ0n) is 43.3. The van der Waals surface area contributed by atoms with Gasteiger partial charge in [-0.15, -0.1) is 0 Å². The SMILES string of the molecule is CCCCCCCCCCCCCCCCC/C=C/C(O)C(CO)NC(=O)CCCCCCCCCCCCCCCCCCCCCOC(=O)CCCCCCCCCCCCC. The van der Waals surface area contributed by atoms with Crippen LogP contribution in [0.25, 0.3) is 0 Å². The van der Waals surface area contributed by atoms with Crippen molar-refractivity contribution in [3.8, 4) is 0 Å². The first kappa shape index (κ1) is 62.6. The summed E-state index contributed by atoms with van der Waals surface area (Å²) in [5.41, 5.74) is 0. The Morgan fingerprint density at radius 3 is 1.06 bits per heavy atom. The van der Waals surface area contributed by atoms with Crippen molar-refractivity contribution in [1.82, 2.24) is 5.32 Å². The van der Waals surface area contributed by atoms with Crippen molar-refractivity contribution in [2.24, 2.45) is 0 Å². The highest BCUT2D eigenvalue weighted by atomic mass is 16.5. The Hall–Kier alpha value is -1.40. The highest BCUT2D eigenvalue weighted by molar-refractivity contribution is 5.76. The van der Waals surface area contributed by atoms with Crippen molar-refractivity contribution >= 4 is 11.9 Å². The summed E-state index contributed by atoms with van der Waals surface area (Å²) in [5.74, 6) is -0.0599. The number of rotatable bonds is 54. The molecule has 0 saturated heterocycles. The second-order valence-electron chi connectivity index (χ2n) is 20.0. The standard InChI is InChI=1S/C58H113NO5/c1-3-5-7-9-11-13-15-16-17-21-24-27-31-34-38-42-46-50-56(61)55(54-60)59-57(62)51-47-43-39-35-32-28-25-22-19-18-20-23-26-29-33-37-41-45-49-53-64-58(63)52-48-44-40-36-30-14-12-10-8-6-4-2/h46,50,55-56,60-61H,3-45,47-49,51-54H2,1-2H3,(H,59,62)/b50-46+. The molecule has 0 saturated carbocycles. The zero-order chi connectivity index (χ0) is 46.5. The number of amides is 1. The first-order chi connectivity index (χ1) is 31.5. The maximum Gasteiger partial charge on any atom is 0.305 e. The normalized spacial score (nSPS) is 12.6. The number of unbranched alkanes of at least 4 members (excludes halogenated alkanes) is 43. The average Bonchev–Trinajstić information content (AvgIpc) is 3.29. The fourth-order valence-electron chi connectivity index (χ4n) is 9.11.